The molecule has 12 heteroatoms. The van der Waals surface area contributed by atoms with Crippen LogP contribution in [0.2, 0.25) is 0 Å². The number of aromatic nitrogens is 1. The molecule has 2 amide bonds. The summed E-state index contributed by atoms with van der Waals surface area (Å²) in [4.78, 5) is 29.0. The van der Waals surface area contributed by atoms with Crippen molar-refractivity contribution in [3.05, 3.63) is 29.1 Å². The van der Waals surface area contributed by atoms with Crippen LogP contribution in [-0.4, -0.2) is 68.1 Å². The summed E-state index contributed by atoms with van der Waals surface area (Å²) in [5.41, 5.74) is 0.684. The van der Waals surface area contributed by atoms with Gasteiger partial charge in [-0.05, 0) is 25.0 Å². The highest BCUT2D eigenvalue weighted by atomic mass is 32.1. The first kappa shape index (κ1) is 23.7. The van der Waals surface area contributed by atoms with Crippen molar-refractivity contribution in [3.8, 4) is 17.0 Å². The molecule has 0 radical (unpaired) electrons. The summed E-state index contributed by atoms with van der Waals surface area (Å²) in [6.07, 6.45) is -0.00676. The average molecular weight is 470 g/mol. The third-order valence-corrected chi connectivity index (χ3v) is 5.55. The molecule has 0 unspecified atom stereocenters. The topological polar surface area (TPSA) is 113 Å². The van der Waals surface area contributed by atoms with Crippen molar-refractivity contribution >= 4 is 28.5 Å². The number of carbonyl (C=O) groups excluding carboxylic acids is 1. The second-order valence-corrected chi connectivity index (χ2v) is 7.77. The van der Waals surface area contributed by atoms with Crippen molar-refractivity contribution < 1.29 is 33.0 Å². The third-order valence-electron chi connectivity index (χ3n) is 4.65. The van der Waals surface area contributed by atoms with Crippen LogP contribution in [-0.2, 0) is 9.53 Å². The van der Waals surface area contributed by atoms with Crippen LogP contribution in [0.5, 0.6) is 5.75 Å². The van der Waals surface area contributed by atoms with Gasteiger partial charge in [-0.1, -0.05) is 0 Å². The van der Waals surface area contributed by atoms with Gasteiger partial charge in [0.2, 0.25) is 5.82 Å². The number of ether oxygens (including phenoxy) is 2. The van der Waals surface area contributed by atoms with E-state index in [0.717, 1.165) is 11.2 Å². The normalized spacial score (nSPS) is 13.6. The van der Waals surface area contributed by atoms with E-state index in [0.29, 0.717) is 51.4 Å². The highest BCUT2D eigenvalue weighted by Gasteiger charge is 2.21. The van der Waals surface area contributed by atoms with E-state index in [-0.39, 0.29) is 17.9 Å². The number of halogens is 2. The zero-order valence-corrected chi connectivity index (χ0v) is 18.1. The number of nitrogens with one attached hydrogen (secondary N) is 2. The highest BCUT2D eigenvalue weighted by molar-refractivity contribution is 7.14. The number of anilines is 1. The summed E-state index contributed by atoms with van der Waals surface area (Å²) in [6.45, 7) is 2.67. The fourth-order valence-corrected chi connectivity index (χ4v) is 3.90. The fourth-order valence-electron chi connectivity index (χ4n) is 3.02. The molecule has 3 rings (SSSR count). The maximum atomic E-state index is 14.5. The van der Waals surface area contributed by atoms with E-state index in [1.54, 1.807) is 5.38 Å². The van der Waals surface area contributed by atoms with Crippen molar-refractivity contribution in [2.45, 2.75) is 12.8 Å². The first-order chi connectivity index (χ1) is 15.5. The Morgan fingerprint density at radius 3 is 2.62 bits per heavy atom. The van der Waals surface area contributed by atoms with E-state index in [1.165, 1.54) is 17.4 Å². The summed E-state index contributed by atoms with van der Waals surface area (Å²) < 4.78 is 39.0. The first-order valence-electron chi connectivity index (χ1n) is 10.1. The Kier molecular flexibility index (Phi) is 8.56. The molecule has 1 aliphatic heterocycles. The zero-order chi connectivity index (χ0) is 22.9. The molecule has 0 bridgehead atoms. The number of amides is 2. The lowest BCUT2D eigenvalue weighted by Gasteiger charge is -2.26. The summed E-state index contributed by atoms with van der Waals surface area (Å²) in [5, 5.41) is 15.8. The van der Waals surface area contributed by atoms with E-state index >= 15 is 0 Å². The maximum Gasteiger partial charge on any atom is 0.404 e. The number of benzene rings is 1. The van der Waals surface area contributed by atoms with Gasteiger partial charge in [0, 0.05) is 37.1 Å². The van der Waals surface area contributed by atoms with Gasteiger partial charge >= 0.3 is 6.09 Å². The maximum absolute atomic E-state index is 14.5. The Balaban J connectivity index is 1.59. The van der Waals surface area contributed by atoms with Crippen molar-refractivity contribution in [1.29, 1.82) is 0 Å². The molecule has 3 N–H and O–H groups in total. The molecular weight excluding hydrogens is 446 g/mol. The Hall–Kier alpha value is -2.99. The van der Waals surface area contributed by atoms with Crippen LogP contribution in [0.3, 0.4) is 0 Å². The Labute approximate surface area is 187 Å². The van der Waals surface area contributed by atoms with E-state index in [9.17, 15) is 18.4 Å². The van der Waals surface area contributed by atoms with Crippen LogP contribution in [0, 0.1) is 11.6 Å². The quantitative estimate of drug-likeness (QED) is 0.457. The summed E-state index contributed by atoms with van der Waals surface area (Å²) >= 11 is 1.38. The summed E-state index contributed by atoms with van der Waals surface area (Å²) in [6, 6.07) is 2.37. The zero-order valence-electron chi connectivity index (χ0n) is 17.2. The number of rotatable bonds is 10. The lowest BCUT2D eigenvalue weighted by Crippen LogP contribution is -2.36. The molecule has 174 valence electrons. The van der Waals surface area contributed by atoms with Crippen LogP contribution in [0.25, 0.3) is 11.3 Å². The molecule has 0 aliphatic carbocycles. The smallest absolute Gasteiger partial charge is 0.404 e. The van der Waals surface area contributed by atoms with Crippen LogP contribution in [0.15, 0.2) is 17.5 Å². The number of carboxylic acid groups (broad SMARTS) is 1. The van der Waals surface area contributed by atoms with Gasteiger partial charge in [0.1, 0.15) is 0 Å². The molecule has 32 heavy (non-hydrogen) atoms. The number of thiazole rings is 1. The molecule has 1 saturated heterocycles. The molecule has 0 atom stereocenters. The van der Waals surface area contributed by atoms with E-state index in [2.05, 4.69) is 20.5 Å². The van der Waals surface area contributed by atoms with E-state index in [1.807, 2.05) is 0 Å². The Bertz CT molecular complexity index is 937. The summed E-state index contributed by atoms with van der Waals surface area (Å²) in [5.74, 6) is -3.14. The second-order valence-electron chi connectivity index (χ2n) is 6.93. The molecule has 2 heterocycles. The van der Waals surface area contributed by atoms with Gasteiger partial charge in [-0.25, -0.2) is 14.2 Å². The van der Waals surface area contributed by atoms with E-state index in [4.69, 9.17) is 14.6 Å². The lowest BCUT2D eigenvalue weighted by molar-refractivity contribution is -0.123. The van der Waals surface area contributed by atoms with Crippen LogP contribution >= 0.6 is 11.3 Å². The van der Waals surface area contributed by atoms with Crippen LogP contribution in [0.1, 0.15) is 12.8 Å². The number of unbranched alkanes of at least 4 members (excludes halogenated alkanes) is 1. The largest absolute Gasteiger partial charge is 0.480 e. The number of hydrogen-bond donors (Lipinski definition) is 3. The van der Waals surface area contributed by atoms with Gasteiger partial charge in [0.15, 0.2) is 23.3 Å². The van der Waals surface area contributed by atoms with Gasteiger partial charge in [-0.3, -0.25) is 4.79 Å². The standard InChI is InChI=1S/C20H24F2N4O5S/c21-14-4-3-13(15-12-32-19(25-15)26-7-9-30-10-8-26)18(17(14)22)31-11-16(27)23-5-1-2-6-24-20(28)29/h3-4,12,24H,1-2,5-11H2,(H,23,27)(H,28,29). The molecule has 1 aliphatic rings. The molecule has 0 saturated carbocycles. The van der Waals surface area contributed by atoms with Crippen molar-refractivity contribution in [2.75, 3.05) is 50.9 Å². The van der Waals surface area contributed by atoms with Gasteiger partial charge in [0.25, 0.3) is 5.91 Å². The molecule has 0 spiro atoms. The number of hydrogen-bond acceptors (Lipinski definition) is 7. The van der Waals surface area contributed by atoms with Gasteiger partial charge in [0.05, 0.1) is 18.9 Å². The minimum absolute atomic E-state index is 0.257. The average Bonchev–Trinajstić information content (AvgIpc) is 3.27. The van der Waals surface area contributed by atoms with Crippen molar-refractivity contribution in [1.82, 2.24) is 15.6 Å². The van der Waals surface area contributed by atoms with Gasteiger partial charge in [-0.2, -0.15) is 4.39 Å². The van der Waals surface area contributed by atoms with Crippen LogP contribution in [0.4, 0.5) is 18.7 Å². The number of nitrogens with zero attached hydrogens (tertiary/aromatic N) is 2. The lowest BCUT2D eigenvalue weighted by atomic mass is 10.1. The molecule has 1 aromatic carbocycles. The van der Waals surface area contributed by atoms with Crippen molar-refractivity contribution in [3.63, 3.8) is 0 Å². The predicted octanol–water partition coefficient (Wildman–Crippen LogP) is 2.47. The molecule has 9 nitrogen and oxygen atoms in total. The van der Waals surface area contributed by atoms with Gasteiger partial charge < -0.3 is 30.1 Å². The van der Waals surface area contributed by atoms with Crippen LogP contribution < -0.4 is 20.3 Å². The van der Waals surface area contributed by atoms with Crippen molar-refractivity contribution in [2.24, 2.45) is 0 Å². The first-order valence-corrected chi connectivity index (χ1v) is 11.0. The third kappa shape index (κ3) is 6.50. The minimum Gasteiger partial charge on any atom is -0.480 e. The number of carbonyl (C=O) groups is 2. The predicted molar refractivity (Wildman–Crippen MR) is 114 cm³/mol. The van der Waals surface area contributed by atoms with Gasteiger partial charge in [-0.15, -0.1) is 11.3 Å². The fraction of sp³-hybridized carbons (Fsp3) is 0.450. The molecular formula is C20H24F2N4O5S. The van der Waals surface area contributed by atoms with E-state index < -0.39 is 30.2 Å². The molecule has 1 fully saturated rings. The monoisotopic (exact) mass is 470 g/mol. The molecule has 1 aromatic heterocycles. The second kappa shape index (κ2) is 11.6. The molecule has 2 aromatic rings. The SMILES string of the molecule is O=C(O)NCCCCNC(=O)COc1c(-c2csc(N3CCOCC3)n2)ccc(F)c1F. The summed E-state index contributed by atoms with van der Waals surface area (Å²) in [7, 11) is 0. The Morgan fingerprint density at radius 2 is 1.91 bits per heavy atom. The minimum atomic E-state index is -1.18. The highest BCUT2D eigenvalue weighted by Crippen LogP contribution is 2.36. The Morgan fingerprint density at radius 1 is 1.19 bits per heavy atom. The number of morpholine rings is 1.